The van der Waals surface area contributed by atoms with Crippen molar-refractivity contribution >= 4 is 45.8 Å². The Morgan fingerprint density at radius 3 is 2.26 bits per heavy atom. The van der Waals surface area contributed by atoms with Crippen LogP contribution in [-0.2, 0) is 4.79 Å². The molecule has 0 unspecified atom stereocenters. The van der Waals surface area contributed by atoms with Gasteiger partial charge in [0.15, 0.2) is 0 Å². The summed E-state index contributed by atoms with van der Waals surface area (Å²) in [5.41, 5.74) is 2.12. The third-order valence-corrected chi connectivity index (χ3v) is 4.68. The summed E-state index contributed by atoms with van der Waals surface area (Å²) in [6.07, 6.45) is 1.85. The van der Waals surface area contributed by atoms with E-state index in [2.05, 4.69) is 47.1 Å². The molecular weight excluding hydrogens is 453 g/mol. The lowest BCUT2D eigenvalue weighted by Gasteiger charge is -2.21. The highest BCUT2D eigenvalue weighted by atomic mass is 127. The zero-order valence-corrected chi connectivity index (χ0v) is 18.0. The van der Waals surface area contributed by atoms with Crippen molar-refractivity contribution < 1.29 is 9.59 Å². The first-order valence-corrected chi connectivity index (χ1v) is 10.3. The molecular formula is C21H26IN3O2. The lowest BCUT2D eigenvalue weighted by molar-refractivity contribution is -0.114. The van der Waals surface area contributed by atoms with Crippen molar-refractivity contribution in [2.75, 3.05) is 30.3 Å². The minimum absolute atomic E-state index is 0.00631. The highest BCUT2D eigenvalue weighted by molar-refractivity contribution is 14.1. The van der Waals surface area contributed by atoms with Crippen LogP contribution in [0.3, 0.4) is 0 Å². The number of hydrogen-bond donors (Lipinski definition) is 2. The van der Waals surface area contributed by atoms with Crippen LogP contribution >= 0.6 is 22.6 Å². The van der Waals surface area contributed by atoms with Crippen LogP contribution in [0.5, 0.6) is 0 Å². The smallest absolute Gasteiger partial charge is 0.253 e. The number of rotatable bonds is 9. The van der Waals surface area contributed by atoms with Crippen molar-refractivity contribution in [3.63, 3.8) is 0 Å². The molecule has 0 bridgehead atoms. The second kappa shape index (κ2) is 10.9. The topological polar surface area (TPSA) is 61.4 Å². The Labute approximate surface area is 174 Å². The van der Waals surface area contributed by atoms with E-state index in [-0.39, 0.29) is 18.4 Å². The Kier molecular flexibility index (Phi) is 8.57. The Morgan fingerprint density at radius 2 is 1.63 bits per heavy atom. The maximum absolute atomic E-state index is 12.7. The second-order valence-electron chi connectivity index (χ2n) is 6.28. The summed E-state index contributed by atoms with van der Waals surface area (Å²) in [4.78, 5) is 26.8. The Balaban J connectivity index is 1.96. The van der Waals surface area contributed by atoms with Crippen LogP contribution in [0.4, 0.5) is 11.4 Å². The first-order chi connectivity index (χ1) is 13.0. The Hall–Kier alpha value is -2.09. The lowest BCUT2D eigenvalue weighted by Crippen LogP contribution is -2.32. The van der Waals surface area contributed by atoms with E-state index in [9.17, 15) is 9.59 Å². The van der Waals surface area contributed by atoms with E-state index in [0.717, 1.165) is 35.2 Å². The van der Waals surface area contributed by atoms with Crippen LogP contribution in [-0.4, -0.2) is 36.3 Å². The molecule has 0 aromatic heterocycles. The molecule has 0 saturated carbocycles. The summed E-state index contributed by atoms with van der Waals surface area (Å²) in [5.74, 6) is -0.149. The third kappa shape index (κ3) is 6.86. The number of amides is 2. The molecule has 2 rings (SSSR count). The van der Waals surface area contributed by atoms with E-state index >= 15 is 0 Å². The maximum Gasteiger partial charge on any atom is 0.253 e. The molecule has 0 saturated heterocycles. The van der Waals surface area contributed by atoms with Crippen molar-refractivity contribution in [1.29, 1.82) is 0 Å². The Morgan fingerprint density at radius 1 is 0.963 bits per heavy atom. The van der Waals surface area contributed by atoms with Gasteiger partial charge in [0.2, 0.25) is 5.91 Å². The number of hydrogen-bond acceptors (Lipinski definition) is 3. The average molecular weight is 479 g/mol. The van der Waals surface area contributed by atoms with Crippen LogP contribution in [0.1, 0.15) is 37.0 Å². The molecule has 0 radical (unpaired) electrons. The van der Waals surface area contributed by atoms with Gasteiger partial charge >= 0.3 is 0 Å². The molecule has 0 aliphatic carbocycles. The SMILES string of the molecule is CCCN(CCC)C(=O)c1cccc(NC(=O)CNc2ccc(I)cc2)c1. The standard InChI is InChI=1S/C21H26IN3O2/c1-3-12-25(13-4-2)21(27)16-6-5-7-19(14-16)24-20(26)15-23-18-10-8-17(22)9-11-18/h5-11,14,23H,3-4,12-13,15H2,1-2H3,(H,24,26). The van der Waals surface area contributed by atoms with Crippen molar-refractivity contribution in [1.82, 2.24) is 4.90 Å². The number of benzene rings is 2. The molecule has 27 heavy (non-hydrogen) atoms. The number of halogens is 1. The van der Waals surface area contributed by atoms with E-state index in [1.807, 2.05) is 29.2 Å². The molecule has 2 N–H and O–H groups in total. The normalized spacial score (nSPS) is 10.3. The fraction of sp³-hybridized carbons (Fsp3) is 0.333. The summed E-state index contributed by atoms with van der Waals surface area (Å²) in [6, 6.07) is 15.0. The Bertz CT molecular complexity index is 756. The van der Waals surface area contributed by atoms with E-state index in [4.69, 9.17) is 0 Å². The molecule has 5 nitrogen and oxygen atoms in total. The van der Waals surface area contributed by atoms with Gasteiger partial charge in [0.1, 0.15) is 0 Å². The van der Waals surface area contributed by atoms with Crippen LogP contribution in [0, 0.1) is 3.57 Å². The number of carbonyl (C=O) groups excluding carboxylic acids is 2. The van der Waals surface area contributed by atoms with Gasteiger partial charge in [-0.25, -0.2) is 0 Å². The van der Waals surface area contributed by atoms with Gasteiger partial charge in [-0.1, -0.05) is 19.9 Å². The van der Waals surface area contributed by atoms with E-state index < -0.39 is 0 Å². The fourth-order valence-electron chi connectivity index (χ4n) is 2.72. The summed E-state index contributed by atoms with van der Waals surface area (Å²) in [7, 11) is 0. The molecule has 6 heteroatoms. The number of carbonyl (C=O) groups is 2. The summed E-state index contributed by atoms with van der Waals surface area (Å²) >= 11 is 2.24. The second-order valence-corrected chi connectivity index (χ2v) is 7.53. The molecule has 2 amide bonds. The molecule has 0 atom stereocenters. The lowest BCUT2D eigenvalue weighted by atomic mass is 10.1. The van der Waals surface area contributed by atoms with Gasteiger partial charge in [-0.05, 0) is 77.9 Å². The predicted molar refractivity (Wildman–Crippen MR) is 119 cm³/mol. The average Bonchev–Trinajstić information content (AvgIpc) is 2.67. The maximum atomic E-state index is 12.7. The van der Waals surface area contributed by atoms with E-state index in [0.29, 0.717) is 11.3 Å². The molecule has 0 spiro atoms. The fourth-order valence-corrected chi connectivity index (χ4v) is 3.08. The van der Waals surface area contributed by atoms with Crippen LogP contribution < -0.4 is 10.6 Å². The monoisotopic (exact) mass is 479 g/mol. The molecule has 2 aromatic rings. The van der Waals surface area contributed by atoms with Crippen molar-refractivity contribution in [3.05, 3.63) is 57.7 Å². The molecule has 0 heterocycles. The van der Waals surface area contributed by atoms with Gasteiger partial charge in [0.05, 0.1) is 6.54 Å². The highest BCUT2D eigenvalue weighted by Gasteiger charge is 2.15. The zero-order valence-electron chi connectivity index (χ0n) is 15.8. The largest absolute Gasteiger partial charge is 0.376 e. The van der Waals surface area contributed by atoms with Gasteiger partial charge in [0.25, 0.3) is 5.91 Å². The molecule has 0 aliphatic heterocycles. The highest BCUT2D eigenvalue weighted by Crippen LogP contribution is 2.14. The number of anilines is 2. The third-order valence-electron chi connectivity index (χ3n) is 3.96. The van der Waals surface area contributed by atoms with Gasteiger partial charge in [-0.2, -0.15) is 0 Å². The van der Waals surface area contributed by atoms with Gasteiger partial charge in [-0.15, -0.1) is 0 Å². The first kappa shape index (κ1) is 21.2. The van der Waals surface area contributed by atoms with Crippen LogP contribution in [0.15, 0.2) is 48.5 Å². The minimum Gasteiger partial charge on any atom is -0.376 e. The molecule has 2 aromatic carbocycles. The number of nitrogens with one attached hydrogen (secondary N) is 2. The molecule has 0 aliphatic rings. The van der Waals surface area contributed by atoms with Crippen molar-refractivity contribution in [2.45, 2.75) is 26.7 Å². The van der Waals surface area contributed by atoms with E-state index in [1.165, 1.54) is 0 Å². The zero-order chi connectivity index (χ0) is 19.6. The molecule has 0 fully saturated rings. The minimum atomic E-state index is -0.155. The van der Waals surface area contributed by atoms with Crippen LogP contribution in [0.25, 0.3) is 0 Å². The van der Waals surface area contributed by atoms with Crippen molar-refractivity contribution in [3.8, 4) is 0 Å². The number of nitrogens with zero attached hydrogens (tertiary/aromatic N) is 1. The van der Waals surface area contributed by atoms with Crippen LogP contribution in [0.2, 0.25) is 0 Å². The summed E-state index contributed by atoms with van der Waals surface area (Å²) in [6.45, 7) is 5.77. The van der Waals surface area contributed by atoms with Gasteiger partial charge < -0.3 is 15.5 Å². The van der Waals surface area contributed by atoms with E-state index in [1.54, 1.807) is 24.3 Å². The molecule has 144 valence electrons. The predicted octanol–water partition coefficient (Wildman–Crippen LogP) is 4.60. The first-order valence-electron chi connectivity index (χ1n) is 9.22. The summed E-state index contributed by atoms with van der Waals surface area (Å²) in [5, 5.41) is 5.94. The van der Waals surface area contributed by atoms with Gasteiger partial charge in [-0.3, -0.25) is 9.59 Å². The summed E-state index contributed by atoms with van der Waals surface area (Å²) < 4.78 is 1.14. The van der Waals surface area contributed by atoms with Gasteiger partial charge in [0, 0.05) is 33.6 Å². The quantitative estimate of drug-likeness (QED) is 0.517. The van der Waals surface area contributed by atoms with Crippen molar-refractivity contribution in [2.24, 2.45) is 0 Å².